The Balaban J connectivity index is 0.00000180. The fourth-order valence-electron chi connectivity index (χ4n) is 2.48. The molecule has 5 heteroatoms. The van der Waals surface area contributed by atoms with Gasteiger partial charge in [-0.1, -0.05) is 30.2 Å². The lowest BCUT2D eigenvalue weighted by Crippen LogP contribution is -2.31. The molecule has 0 unspecified atom stereocenters. The van der Waals surface area contributed by atoms with Crippen LogP contribution in [0.1, 0.15) is 31.2 Å². The Labute approximate surface area is 125 Å². The third kappa shape index (κ3) is 5.01. The highest BCUT2D eigenvalue weighted by atomic mass is 35.5. The standard InChI is InChI=1S/C14H19ClN2O.ClH/c15-12-5-1-3-10(7-12)9-17-14(18)8-11-4-2-6-13(11)16;/h1,3,5,7,11,13H,2,4,6,8-9,16H2,(H,17,18);1H/t11-,13+;/m0./s1. The van der Waals surface area contributed by atoms with Gasteiger partial charge in [-0.05, 0) is 36.5 Å². The molecule has 3 nitrogen and oxygen atoms in total. The van der Waals surface area contributed by atoms with Crippen molar-refractivity contribution in [2.24, 2.45) is 11.7 Å². The first-order valence-electron chi connectivity index (χ1n) is 6.42. The van der Waals surface area contributed by atoms with Gasteiger partial charge in [0.25, 0.3) is 0 Å². The highest BCUT2D eigenvalue weighted by Gasteiger charge is 2.25. The molecule has 0 spiro atoms. The van der Waals surface area contributed by atoms with Crippen molar-refractivity contribution in [3.63, 3.8) is 0 Å². The quantitative estimate of drug-likeness (QED) is 0.898. The number of carbonyl (C=O) groups is 1. The topological polar surface area (TPSA) is 55.1 Å². The zero-order chi connectivity index (χ0) is 13.0. The van der Waals surface area contributed by atoms with Crippen LogP contribution in [-0.4, -0.2) is 11.9 Å². The van der Waals surface area contributed by atoms with Crippen molar-refractivity contribution >= 4 is 29.9 Å². The van der Waals surface area contributed by atoms with Crippen LogP contribution in [0.25, 0.3) is 0 Å². The molecule has 1 aromatic carbocycles. The minimum atomic E-state index is 0. The average molecular weight is 303 g/mol. The summed E-state index contributed by atoms with van der Waals surface area (Å²) in [5.74, 6) is 0.432. The van der Waals surface area contributed by atoms with E-state index in [1.54, 1.807) is 0 Å². The van der Waals surface area contributed by atoms with Crippen LogP contribution in [0, 0.1) is 5.92 Å². The van der Waals surface area contributed by atoms with Crippen molar-refractivity contribution in [1.29, 1.82) is 0 Å². The highest BCUT2D eigenvalue weighted by Crippen LogP contribution is 2.26. The molecule has 106 valence electrons. The van der Waals surface area contributed by atoms with Crippen molar-refractivity contribution in [3.05, 3.63) is 34.9 Å². The molecule has 1 aromatic rings. The molecule has 1 saturated carbocycles. The predicted octanol–water partition coefficient (Wildman–Crippen LogP) is 2.90. The Morgan fingerprint density at radius 2 is 2.21 bits per heavy atom. The maximum absolute atomic E-state index is 11.8. The van der Waals surface area contributed by atoms with Gasteiger partial charge >= 0.3 is 0 Å². The molecule has 0 heterocycles. The number of hydrogen-bond donors (Lipinski definition) is 2. The van der Waals surface area contributed by atoms with E-state index in [0.29, 0.717) is 23.9 Å². The Morgan fingerprint density at radius 1 is 1.42 bits per heavy atom. The number of rotatable bonds is 4. The summed E-state index contributed by atoms with van der Waals surface area (Å²) in [4.78, 5) is 11.8. The number of nitrogens with two attached hydrogens (primary N) is 1. The molecule has 0 saturated heterocycles. The van der Waals surface area contributed by atoms with Crippen molar-refractivity contribution in [2.75, 3.05) is 0 Å². The molecular weight excluding hydrogens is 283 g/mol. The number of hydrogen-bond acceptors (Lipinski definition) is 2. The zero-order valence-electron chi connectivity index (χ0n) is 10.8. The van der Waals surface area contributed by atoms with E-state index in [0.717, 1.165) is 24.8 Å². The average Bonchev–Trinajstić information content (AvgIpc) is 2.73. The molecule has 1 fully saturated rings. The van der Waals surface area contributed by atoms with Crippen LogP contribution < -0.4 is 11.1 Å². The summed E-state index contributed by atoms with van der Waals surface area (Å²) < 4.78 is 0. The van der Waals surface area contributed by atoms with Crippen molar-refractivity contribution < 1.29 is 4.79 Å². The molecule has 0 radical (unpaired) electrons. The molecule has 0 aromatic heterocycles. The summed E-state index contributed by atoms with van der Waals surface area (Å²) in [7, 11) is 0. The molecule has 1 aliphatic carbocycles. The van der Waals surface area contributed by atoms with E-state index in [9.17, 15) is 4.79 Å². The van der Waals surface area contributed by atoms with Gasteiger partial charge in [-0.3, -0.25) is 4.79 Å². The molecule has 1 amide bonds. The number of amides is 1. The normalized spacial score (nSPS) is 21.8. The summed E-state index contributed by atoms with van der Waals surface area (Å²) in [5, 5.41) is 3.61. The Morgan fingerprint density at radius 3 is 2.84 bits per heavy atom. The van der Waals surface area contributed by atoms with Crippen LogP contribution in [0.5, 0.6) is 0 Å². The Hall–Kier alpha value is -0.770. The predicted molar refractivity (Wildman–Crippen MR) is 80.5 cm³/mol. The monoisotopic (exact) mass is 302 g/mol. The van der Waals surface area contributed by atoms with Gasteiger partial charge in [0.2, 0.25) is 5.91 Å². The van der Waals surface area contributed by atoms with E-state index < -0.39 is 0 Å². The second-order valence-electron chi connectivity index (χ2n) is 4.97. The van der Waals surface area contributed by atoms with Crippen LogP contribution in [0.15, 0.2) is 24.3 Å². The maximum Gasteiger partial charge on any atom is 0.220 e. The Bertz CT molecular complexity index is 426. The summed E-state index contributed by atoms with van der Waals surface area (Å²) in [6.45, 7) is 0.529. The summed E-state index contributed by atoms with van der Waals surface area (Å²) >= 11 is 5.89. The minimum Gasteiger partial charge on any atom is -0.352 e. The van der Waals surface area contributed by atoms with Gasteiger partial charge in [0.05, 0.1) is 0 Å². The third-order valence-corrected chi connectivity index (χ3v) is 3.78. The molecular formula is C14H20Cl2N2O. The van der Waals surface area contributed by atoms with Gasteiger partial charge in [0.15, 0.2) is 0 Å². The summed E-state index contributed by atoms with van der Waals surface area (Å²) in [6.07, 6.45) is 3.81. The maximum atomic E-state index is 11.8. The molecule has 19 heavy (non-hydrogen) atoms. The van der Waals surface area contributed by atoms with Crippen LogP contribution >= 0.6 is 24.0 Å². The van der Waals surface area contributed by atoms with E-state index >= 15 is 0 Å². The highest BCUT2D eigenvalue weighted by molar-refractivity contribution is 6.30. The van der Waals surface area contributed by atoms with Gasteiger partial charge in [0, 0.05) is 24.0 Å². The lowest BCUT2D eigenvalue weighted by molar-refractivity contribution is -0.122. The molecule has 2 rings (SSSR count). The second-order valence-corrected chi connectivity index (χ2v) is 5.40. The first-order chi connectivity index (χ1) is 8.65. The van der Waals surface area contributed by atoms with Gasteiger partial charge < -0.3 is 11.1 Å². The van der Waals surface area contributed by atoms with Crippen molar-refractivity contribution in [3.8, 4) is 0 Å². The number of halogens is 2. The SMILES string of the molecule is Cl.N[C@@H]1CCC[C@H]1CC(=O)NCc1cccc(Cl)c1. The lowest BCUT2D eigenvalue weighted by atomic mass is 10.00. The first kappa shape index (κ1) is 16.3. The van der Waals surface area contributed by atoms with Crippen molar-refractivity contribution in [2.45, 2.75) is 38.3 Å². The van der Waals surface area contributed by atoms with E-state index in [1.165, 1.54) is 0 Å². The number of nitrogens with one attached hydrogen (secondary N) is 1. The molecule has 0 aliphatic heterocycles. The number of benzene rings is 1. The smallest absolute Gasteiger partial charge is 0.220 e. The summed E-state index contributed by atoms with van der Waals surface area (Å²) in [5.41, 5.74) is 6.98. The zero-order valence-corrected chi connectivity index (χ0v) is 12.3. The van der Waals surface area contributed by atoms with Crippen LogP contribution in [0.4, 0.5) is 0 Å². The fourth-order valence-corrected chi connectivity index (χ4v) is 2.69. The van der Waals surface area contributed by atoms with E-state index in [-0.39, 0.29) is 24.4 Å². The lowest BCUT2D eigenvalue weighted by Gasteiger charge is -2.14. The van der Waals surface area contributed by atoms with E-state index in [4.69, 9.17) is 17.3 Å². The fraction of sp³-hybridized carbons (Fsp3) is 0.500. The summed E-state index contributed by atoms with van der Waals surface area (Å²) in [6, 6.07) is 7.72. The van der Waals surface area contributed by atoms with Crippen molar-refractivity contribution in [1.82, 2.24) is 5.32 Å². The molecule has 2 atom stereocenters. The number of carbonyl (C=O) groups excluding carboxylic acids is 1. The van der Waals surface area contributed by atoms with E-state index in [1.807, 2.05) is 24.3 Å². The van der Waals surface area contributed by atoms with Gasteiger partial charge in [-0.2, -0.15) is 0 Å². The first-order valence-corrected chi connectivity index (χ1v) is 6.79. The van der Waals surface area contributed by atoms with Gasteiger partial charge in [0.1, 0.15) is 0 Å². The van der Waals surface area contributed by atoms with Gasteiger partial charge in [-0.25, -0.2) is 0 Å². The Kier molecular flexibility index (Phi) is 6.63. The molecule has 0 bridgehead atoms. The van der Waals surface area contributed by atoms with Crippen LogP contribution in [0.3, 0.4) is 0 Å². The third-order valence-electron chi connectivity index (χ3n) is 3.54. The van der Waals surface area contributed by atoms with Crippen LogP contribution in [-0.2, 0) is 11.3 Å². The van der Waals surface area contributed by atoms with E-state index in [2.05, 4.69) is 5.32 Å². The minimum absolute atomic E-state index is 0. The van der Waals surface area contributed by atoms with Gasteiger partial charge in [-0.15, -0.1) is 12.4 Å². The largest absolute Gasteiger partial charge is 0.352 e. The second kappa shape index (κ2) is 7.73. The molecule has 3 N–H and O–H groups in total. The molecule has 1 aliphatic rings. The van der Waals surface area contributed by atoms with Crippen LogP contribution in [0.2, 0.25) is 5.02 Å².